The van der Waals surface area contributed by atoms with Crippen molar-refractivity contribution in [3.63, 3.8) is 0 Å². The lowest BCUT2D eigenvalue weighted by Crippen LogP contribution is -2.46. The number of carbonyl (C=O) groups is 3. The number of urea groups is 1. The van der Waals surface area contributed by atoms with E-state index in [1.165, 1.54) is 4.88 Å². The molecular formula is C13H16N2O4S. The number of hydrogen-bond donors (Lipinski definition) is 2. The molecule has 6 nitrogen and oxygen atoms in total. The van der Waals surface area contributed by atoms with Crippen LogP contribution in [0.25, 0.3) is 0 Å². The Morgan fingerprint density at radius 1 is 1.45 bits per heavy atom. The second-order valence-electron chi connectivity index (χ2n) is 4.67. The summed E-state index contributed by atoms with van der Waals surface area (Å²) in [6.07, 6.45) is 0.324. The predicted molar refractivity (Wildman–Crippen MR) is 73.6 cm³/mol. The van der Waals surface area contributed by atoms with E-state index in [0.29, 0.717) is 6.54 Å². The van der Waals surface area contributed by atoms with Crippen LogP contribution >= 0.6 is 11.3 Å². The Labute approximate surface area is 120 Å². The first kappa shape index (κ1) is 14.5. The third kappa shape index (κ3) is 3.16. The third-order valence-corrected chi connectivity index (χ3v) is 4.35. The smallest absolute Gasteiger partial charge is 0.324 e. The van der Waals surface area contributed by atoms with Crippen LogP contribution in [0, 0.1) is 0 Å². The topological polar surface area (TPSA) is 86.7 Å². The number of hydrogen-bond acceptors (Lipinski definition) is 4. The first-order valence-electron chi connectivity index (χ1n) is 6.37. The highest BCUT2D eigenvalue weighted by molar-refractivity contribution is 7.10. The summed E-state index contributed by atoms with van der Waals surface area (Å²) < 4.78 is 0. The van der Waals surface area contributed by atoms with Gasteiger partial charge in [-0.3, -0.25) is 14.9 Å². The second-order valence-corrected chi connectivity index (χ2v) is 5.67. The van der Waals surface area contributed by atoms with Gasteiger partial charge in [-0.15, -0.1) is 11.3 Å². The Bertz CT molecular complexity index is 540. The molecule has 0 fully saturated rings. The molecule has 0 radical (unpaired) electrons. The van der Waals surface area contributed by atoms with E-state index < -0.39 is 17.9 Å². The van der Waals surface area contributed by atoms with Crippen molar-refractivity contribution in [1.29, 1.82) is 0 Å². The van der Waals surface area contributed by atoms with E-state index in [-0.39, 0.29) is 18.9 Å². The van der Waals surface area contributed by atoms with Gasteiger partial charge in [0.15, 0.2) is 0 Å². The van der Waals surface area contributed by atoms with E-state index in [0.717, 1.165) is 12.0 Å². The zero-order valence-corrected chi connectivity index (χ0v) is 11.9. The van der Waals surface area contributed by atoms with Gasteiger partial charge in [0.05, 0.1) is 12.5 Å². The summed E-state index contributed by atoms with van der Waals surface area (Å²) in [4.78, 5) is 36.8. The first-order valence-corrected chi connectivity index (χ1v) is 7.25. The van der Waals surface area contributed by atoms with Gasteiger partial charge >= 0.3 is 12.0 Å². The number of carboxylic acids is 1. The van der Waals surface area contributed by atoms with E-state index in [4.69, 9.17) is 5.11 Å². The molecule has 108 valence electrons. The lowest BCUT2D eigenvalue weighted by atomic mass is 10.0. The largest absolute Gasteiger partial charge is 0.481 e. The minimum absolute atomic E-state index is 0.0720. The van der Waals surface area contributed by atoms with E-state index in [2.05, 4.69) is 5.32 Å². The molecule has 0 saturated carbocycles. The summed E-state index contributed by atoms with van der Waals surface area (Å²) in [6.45, 7) is 2.48. The SMILES string of the molecule is CC1c2ccsc2CCN1C(=O)NC(=O)CCC(=O)O. The van der Waals surface area contributed by atoms with Crippen molar-refractivity contribution >= 4 is 29.2 Å². The molecule has 20 heavy (non-hydrogen) atoms. The van der Waals surface area contributed by atoms with Crippen molar-refractivity contribution in [2.24, 2.45) is 0 Å². The zero-order chi connectivity index (χ0) is 14.7. The van der Waals surface area contributed by atoms with Gasteiger partial charge in [-0.1, -0.05) is 0 Å². The number of thiophene rings is 1. The maximum atomic E-state index is 12.0. The first-order chi connectivity index (χ1) is 9.49. The number of imide groups is 1. The van der Waals surface area contributed by atoms with E-state index in [9.17, 15) is 14.4 Å². The molecule has 1 aromatic heterocycles. The van der Waals surface area contributed by atoms with Crippen molar-refractivity contribution in [2.45, 2.75) is 32.2 Å². The fraction of sp³-hybridized carbons (Fsp3) is 0.462. The molecule has 2 heterocycles. The fourth-order valence-electron chi connectivity index (χ4n) is 2.26. The highest BCUT2D eigenvalue weighted by Gasteiger charge is 2.29. The van der Waals surface area contributed by atoms with Crippen molar-refractivity contribution < 1.29 is 19.5 Å². The minimum atomic E-state index is -1.05. The van der Waals surface area contributed by atoms with Crippen molar-refractivity contribution in [3.8, 4) is 0 Å². The van der Waals surface area contributed by atoms with E-state index in [1.54, 1.807) is 16.2 Å². The van der Waals surface area contributed by atoms with Crippen molar-refractivity contribution in [2.75, 3.05) is 6.54 Å². The number of carbonyl (C=O) groups excluding carboxylic acids is 2. The summed E-state index contributed by atoms with van der Waals surface area (Å²) in [6, 6.07) is 1.47. The lowest BCUT2D eigenvalue weighted by Gasteiger charge is -2.33. The second kappa shape index (κ2) is 6.04. The Kier molecular flexibility index (Phi) is 4.39. The molecule has 0 aromatic carbocycles. The minimum Gasteiger partial charge on any atom is -0.481 e. The Morgan fingerprint density at radius 3 is 2.90 bits per heavy atom. The molecule has 0 bridgehead atoms. The van der Waals surface area contributed by atoms with Gasteiger partial charge in [0.2, 0.25) is 5.91 Å². The predicted octanol–water partition coefficient (Wildman–Crippen LogP) is 1.77. The van der Waals surface area contributed by atoms with Crippen LogP contribution in [0.5, 0.6) is 0 Å². The van der Waals surface area contributed by atoms with Gasteiger partial charge in [0.25, 0.3) is 0 Å². The Morgan fingerprint density at radius 2 is 2.20 bits per heavy atom. The van der Waals surface area contributed by atoms with Crippen LogP contribution in [0.1, 0.15) is 36.2 Å². The number of nitrogens with one attached hydrogen (secondary N) is 1. The Hall–Kier alpha value is -1.89. The van der Waals surface area contributed by atoms with Gasteiger partial charge in [-0.2, -0.15) is 0 Å². The summed E-state index contributed by atoms with van der Waals surface area (Å²) in [5.74, 6) is -1.61. The summed E-state index contributed by atoms with van der Waals surface area (Å²) in [5, 5.41) is 12.7. The number of carboxylic acid groups (broad SMARTS) is 1. The van der Waals surface area contributed by atoms with Gasteiger partial charge < -0.3 is 10.0 Å². The van der Waals surface area contributed by atoms with Crippen LogP contribution in [0.15, 0.2) is 11.4 Å². The fourth-order valence-corrected chi connectivity index (χ4v) is 3.22. The average molecular weight is 296 g/mol. The van der Waals surface area contributed by atoms with Crippen LogP contribution < -0.4 is 5.32 Å². The molecule has 1 aliphatic heterocycles. The molecule has 3 amide bonds. The van der Waals surface area contributed by atoms with Crippen LogP contribution in [-0.4, -0.2) is 34.5 Å². The molecule has 7 heteroatoms. The highest BCUT2D eigenvalue weighted by atomic mass is 32.1. The molecule has 0 spiro atoms. The zero-order valence-electron chi connectivity index (χ0n) is 11.1. The number of rotatable bonds is 3. The van der Waals surface area contributed by atoms with Crippen LogP contribution in [0.4, 0.5) is 4.79 Å². The summed E-state index contributed by atoms with van der Waals surface area (Å²) in [5.41, 5.74) is 1.12. The van der Waals surface area contributed by atoms with E-state index in [1.807, 2.05) is 18.4 Å². The Balaban J connectivity index is 1.94. The maximum Gasteiger partial charge on any atom is 0.324 e. The normalized spacial score (nSPS) is 17.4. The van der Waals surface area contributed by atoms with Crippen molar-refractivity contribution in [3.05, 3.63) is 21.9 Å². The third-order valence-electron chi connectivity index (χ3n) is 3.35. The summed E-state index contributed by atoms with van der Waals surface area (Å²) >= 11 is 1.68. The number of nitrogens with zero attached hydrogens (tertiary/aromatic N) is 1. The van der Waals surface area contributed by atoms with E-state index >= 15 is 0 Å². The van der Waals surface area contributed by atoms with Crippen LogP contribution in [-0.2, 0) is 16.0 Å². The maximum absolute atomic E-state index is 12.0. The van der Waals surface area contributed by atoms with Gasteiger partial charge in [0, 0.05) is 17.8 Å². The quantitative estimate of drug-likeness (QED) is 0.890. The van der Waals surface area contributed by atoms with Crippen LogP contribution in [0.3, 0.4) is 0 Å². The number of aliphatic carboxylic acids is 1. The molecule has 2 N–H and O–H groups in total. The van der Waals surface area contributed by atoms with Crippen molar-refractivity contribution in [1.82, 2.24) is 10.2 Å². The summed E-state index contributed by atoms with van der Waals surface area (Å²) in [7, 11) is 0. The molecule has 1 aromatic rings. The number of fused-ring (bicyclic) bond motifs is 1. The molecule has 0 saturated heterocycles. The average Bonchev–Trinajstić information content (AvgIpc) is 2.85. The van der Waals surface area contributed by atoms with Gasteiger partial charge in [-0.05, 0) is 30.4 Å². The lowest BCUT2D eigenvalue weighted by molar-refractivity contribution is -0.138. The molecular weight excluding hydrogens is 280 g/mol. The molecule has 1 unspecified atom stereocenters. The molecule has 2 rings (SSSR count). The van der Waals surface area contributed by atoms with Gasteiger partial charge in [-0.25, -0.2) is 4.79 Å². The monoisotopic (exact) mass is 296 g/mol. The van der Waals surface area contributed by atoms with Gasteiger partial charge in [0.1, 0.15) is 0 Å². The molecule has 1 aliphatic rings. The number of amides is 3. The highest BCUT2D eigenvalue weighted by Crippen LogP contribution is 2.32. The molecule has 0 aliphatic carbocycles. The standard InChI is InChI=1S/C13H16N2O4S/c1-8-9-5-7-20-10(9)4-6-15(8)13(19)14-11(16)2-3-12(17)18/h5,7-8H,2-4,6H2,1H3,(H,17,18)(H,14,16,19). The van der Waals surface area contributed by atoms with Crippen LogP contribution in [0.2, 0.25) is 0 Å². The molecule has 1 atom stereocenters.